The Morgan fingerprint density at radius 3 is 2.78 bits per heavy atom. The van der Waals surface area contributed by atoms with Gasteiger partial charge in [0.25, 0.3) is 0 Å². The quantitative estimate of drug-likeness (QED) is 0.773. The second-order valence-electron chi connectivity index (χ2n) is 9.69. The average Bonchev–Trinajstić information content (AvgIpc) is 2.95. The molecule has 1 aromatic carbocycles. The summed E-state index contributed by atoms with van der Waals surface area (Å²) >= 11 is 0. The lowest BCUT2D eigenvalue weighted by molar-refractivity contribution is -0.0105. The van der Waals surface area contributed by atoms with E-state index in [1.54, 1.807) is 0 Å². The third kappa shape index (κ3) is 2.75. The fourth-order valence-corrected chi connectivity index (χ4v) is 6.78. The van der Waals surface area contributed by atoms with Crippen molar-refractivity contribution in [2.45, 2.75) is 64.2 Å². The zero-order valence-electron chi connectivity index (χ0n) is 17.0. The van der Waals surface area contributed by atoms with Crippen molar-refractivity contribution in [3.05, 3.63) is 29.3 Å². The molecular weight excluding hydrogens is 338 g/mol. The number of carbonyl (C=O) groups excluding carboxylic acids is 1. The minimum absolute atomic E-state index is 0.166. The van der Waals surface area contributed by atoms with Crippen LogP contribution >= 0.6 is 0 Å². The molecule has 148 valence electrons. The van der Waals surface area contributed by atoms with Crippen molar-refractivity contribution in [3.8, 4) is 5.75 Å². The van der Waals surface area contributed by atoms with Crippen molar-refractivity contribution in [2.75, 3.05) is 13.7 Å². The van der Waals surface area contributed by atoms with Crippen LogP contribution in [0, 0.1) is 23.2 Å². The number of phenols is 1. The van der Waals surface area contributed by atoms with Gasteiger partial charge in [-0.1, -0.05) is 26.8 Å². The second-order valence-corrected chi connectivity index (χ2v) is 9.69. The molecular formula is C23H33NO3. The SMILES string of the molecule is COC(=O)NC[C@H]1CC2C3CCC(C)C3(C)CC[C@]2(C)c2ccc(O)cc21. The molecule has 0 saturated heterocycles. The Balaban J connectivity index is 1.73. The number of nitrogens with one attached hydrogen (secondary N) is 1. The molecule has 0 radical (unpaired) electrons. The number of ether oxygens (including phenoxy) is 1. The highest BCUT2D eigenvalue weighted by Crippen LogP contribution is 2.66. The third-order valence-corrected chi connectivity index (χ3v) is 8.68. The fraction of sp³-hybridized carbons (Fsp3) is 0.696. The third-order valence-electron chi connectivity index (χ3n) is 8.68. The molecule has 0 spiro atoms. The van der Waals surface area contributed by atoms with Crippen LogP contribution in [0.2, 0.25) is 0 Å². The number of methoxy groups -OCH3 is 1. The number of amides is 1. The molecule has 1 amide bonds. The van der Waals surface area contributed by atoms with Crippen LogP contribution < -0.4 is 5.32 Å². The Kier molecular flexibility index (Phi) is 4.44. The fourth-order valence-electron chi connectivity index (χ4n) is 6.78. The molecule has 0 heterocycles. The summed E-state index contributed by atoms with van der Waals surface area (Å²) < 4.78 is 4.78. The summed E-state index contributed by atoms with van der Waals surface area (Å²) in [5.74, 6) is 2.70. The molecule has 27 heavy (non-hydrogen) atoms. The molecule has 0 aliphatic heterocycles. The van der Waals surface area contributed by atoms with Gasteiger partial charge in [-0.2, -0.15) is 0 Å². The van der Waals surface area contributed by atoms with Gasteiger partial charge in [0.2, 0.25) is 0 Å². The molecule has 0 bridgehead atoms. The lowest BCUT2D eigenvalue weighted by Gasteiger charge is -2.57. The number of rotatable bonds is 2. The van der Waals surface area contributed by atoms with Crippen LogP contribution in [0.15, 0.2) is 18.2 Å². The Labute approximate surface area is 162 Å². The summed E-state index contributed by atoms with van der Waals surface area (Å²) in [5, 5.41) is 13.0. The van der Waals surface area contributed by atoms with Gasteiger partial charge in [-0.15, -0.1) is 0 Å². The highest BCUT2D eigenvalue weighted by atomic mass is 16.5. The first-order valence-electron chi connectivity index (χ1n) is 10.4. The van der Waals surface area contributed by atoms with Crippen LogP contribution in [0.3, 0.4) is 0 Å². The van der Waals surface area contributed by atoms with E-state index >= 15 is 0 Å². The predicted molar refractivity (Wildman–Crippen MR) is 106 cm³/mol. The van der Waals surface area contributed by atoms with Crippen molar-refractivity contribution in [1.29, 1.82) is 0 Å². The van der Waals surface area contributed by atoms with E-state index in [2.05, 4.69) is 32.2 Å². The minimum Gasteiger partial charge on any atom is -0.508 e. The monoisotopic (exact) mass is 371 g/mol. The number of carbonyl (C=O) groups is 1. The van der Waals surface area contributed by atoms with E-state index in [9.17, 15) is 9.90 Å². The van der Waals surface area contributed by atoms with Crippen molar-refractivity contribution in [2.24, 2.45) is 23.2 Å². The van der Waals surface area contributed by atoms with E-state index in [4.69, 9.17) is 4.74 Å². The first-order chi connectivity index (χ1) is 12.8. The number of aromatic hydroxyl groups is 1. The maximum Gasteiger partial charge on any atom is 0.406 e. The molecule has 0 aromatic heterocycles. The zero-order chi connectivity index (χ0) is 19.4. The molecule has 3 aliphatic carbocycles. The van der Waals surface area contributed by atoms with Gasteiger partial charge in [-0.25, -0.2) is 4.79 Å². The highest BCUT2D eigenvalue weighted by Gasteiger charge is 2.58. The van der Waals surface area contributed by atoms with Crippen molar-refractivity contribution < 1.29 is 14.6 Å². The molecule has 4 nitrogen and oxygen atoms in total. The van der Waals surface area contributed by atoms with Gasteiger partial charge in [0.1, 0.15) is 5.75 Å². The van der Waals surface area contributed by atoms with E-state index in [1.165, 1.54) is 43.9 Å². The van der Waals surface area contributed by atoms with Gasteiger partial charge in [0.15, 0.2) is 0 Å². The topological polar surface area (TPSA) is 58.6 Å². The number of hydrogen-bond acceptors (Lipinski definition) is 3. The first-order valence-corrected chi connectivity index (χ1v) is 10.4. The van der Waals surface area contributed by atoms with Gasteiger partial charge in [-0.3, -0.25) is 0 Å². The van der Waals surface area contributed by atoms with Crippen LogP contribution in [-0.2, 0) is 10.2 Å². The molecule has 4 rings (SSSR count). The van der Waals surface area contributed by atoms with E-state index in [0.717, 1.165) is 18.3 Å². The zero-order valence-corrected chi connectivity index (χ0v) is 17.0. The summed E-state index contributed by atoms with van der Waals surface area (Å²) in [5.41, 5.74) is 3.20. The minimum atomic E-state index is -0.381. The molecule has 2 fully saturated rings. The van der Waals surface area contributed by atoms with Crippen LogP contribution in [0.25, 0.3) is 0 Å². The van der Waals surface area contributed by atoms with Crippen LogP contribution in [-0.4, -0.2) is 24.9 Å². The second kappa shape index (κ2) is 6.42. The van der Waals surface area contributed by atoms with Crippen molar-refractivity contribution >= 4 is 6.09 Å². The molecule has 4 unspecified atom stereocenters. The number of phenolic OH excluding ortho intramolecular Hbond substituents is 1. The van der Waals surface area contributed by atoms with Gasteiger partial charge in [-0.05, 0) is 83.9 Å². The number of alkyl carbamates (subject to hydrolysis) is 1. The van der Waals surface area contributed by atoms with Gasteiger partial charge < -0.3 is 15.2 Å². The van der Waals surface area contributed by atoms with E-state index in [-0.39, 0.29) is 17.4 Å². The predicted octanol–water partition coefficient (Wildman–Crippen LogP) is 4.96. The largest absolute Gasteiger partial charge is 0.508 e. The molecule has 6 atom stereocenters. The lowest BCUT2D eigenvalue weighted by atomic mass is 9.47. The summed E-state index contributed by atoms with van der Waals surface area (Å²) in [4.78, 5) is 11.7. The van der Waals surface area contributed by atoms with Crippen molar-refractivity contribution in [3.63, 3.8) is 0 Å². The van der Waals surface area contributed by atoms with Crippen molar-refractivity contribution in [1.82, 2.24) is 5.32 Å². The van der Waals surface area contributed by atoms with E-state index in [1.807, 2.05) is 12.1 Å². The number of hydrogen-bond donors (Lipinski definition) is 2. The number of fused-ring (bicyclic) bond motifs is 5. The first kappa shape index (κ1) is 18.6. The standard InChI is InChI=1S/C23H33NO3/c1-14-5-7-19-20-11-15(13-24-21(26)27-4)17-12-16(25)6-8-18(17)23(20,3)10-9-22(14,19)2/h6,8,12,14-15,19-20,25H,5,7,9-11,13H2,1-4H3,(H,24,26)/t14?,15-,19?,20?,22?,23-/m1/s1. The Bertz CT molecular complexity index is 747. The van der Waals surface area contributed by atoms with E-state index in [0.29, 0.717) is 23.6 Å². The van der Waals surface area contributed by atoms with Gasteiger partial charge >= 0.3 is 6.09 Å². The summed E-state index contributed by atoms with van der Waals surface area (Å²) in [6, 6.07) is 5.90. The smallest absolute Gasteiger partial charge is 0.406 e. The maximum atomic E-state index is 11.7. The maximum absolute atomic E-state index is 11.7. The molecule has 3 aliphatic rings. The average molecular weight is 372 g/mol. The van der Waals surface area contributed by atoms with Gasteiger partial charge in [0.05, 0.1) is 7.11 Å². The van der Waals surface area contributed by atoms with Crippen LogP contribution in [0.5, 0.6) is 5.75 Å². The number of benzene rings is 1. The Morgan fingerprint density at radius 2 is 2.04 bits per heavy atom. The van der Waals surface area contributed by atoms with Gasteiger partial charge in [0, 0.05) is 12.5 Å². The highest BCUT2D eigenvalue weighted by molar-refractivity contribution is 5.67. The summed E-state index contributed by atoms with van der Waals surface area (Å²) in [6.07, 6.45) is 5.85. The molecule has 1 aromatic rings. The summed E-state index contributed by atoms with van der Waals surface area (Å²) in [7, 11) is 1.40. The summed E-state index contributed by atoms with van der Waals surface area (Å²) in [6.45, 7) is 7.96. The Morgan fingerprint density at radius 1 is 1.26 bits per heavy atom. The van der Waals surface area contributed by atoms with E-state index < -0.39 is 0 Å². The normalized spacial score (nSPS) is 39.9. The molecule has 4 heteroatoms. The van der Waals surface area contributed by atoms with Crippen LogP contribution in [0.1, 0.15) is 69.9 Å². The Hall–Kier alpha value is -1.71. The van der Waals surface area contributed by atoms with Crippen LogP contribution in [0.4, 0.5) is 4.79 Å². The molecule has 2 saturated carbocycles. The lowest BCUT2D eigenvalue weighted by Crippen LogP contribution is -2.51. The molecule has 2 N–H and O–H groups in total.